The van der Waals surface area contributed by atoms with Gasteiger partial charge in [0, 0.05) is 11.5 Å². The normalized spacial score (nSPS) is 9.79. The number of esters is 2. The molecule has 0 bridgehead atoms. The quantitative estimate of drug-likeness (QED) is 0.351. The van der Waals surface area contributed by atoms with Crippen LogP contribution < -0.4 is 0 Å². The van der Waals surface area contributed by atoms with Gasteiger partial charge in [-0.05, 0) is 25.0 Å². The third-order valence-corrected chi connectivity index (χ3v) is 2.85. The molecule has 0 N–H and O–H groups in total. The van der Waals surface area contributed by atoms with Crippen LogP contribution in [0.15, 0.2) is 24.3 Å². The summed E-state index contributed by atoms with van der Waals surface area (Å²) in [5.41, 5.74) is 1.64. The molecule has 19 heavy (non-hydrogen) atoms. The van der Waals surface area contributed by atoms with Gasteiger partial charge in [0.2, 0.25) is 0 Å². The number of hydrogen-bond donors (Lipinski definition) is 0. The lowest BCUT2D eigenvalue weighted by molar-refractivity contribution is -0.142. The molecule has 0 aliphatic heterocycles. The Kier molecular flexibility index (Phi) is 9.98. The van der Waals surface area contributed by atoms with Crippen molar-refractivity contribution in [2.45, 2.75) is 26.7 Å². The van der Waals surface area contributed by atoms with E-state index in [1.807, 2.05) is 0 Å². The first-order chi connectivity index (χ1) is 8.91. The van der Waals surface area contributed by atoms with Gasteiger partial charge in [0.05, 0.1) is 12.8 Å². The summed E-state index contributed by atoms with van der Waals surface area (Å²) in [4.78, 5) is 22.5. The third-order valence-electron chi connectivity index (χ3n) is 1.86. The Morgan fingerprint density at radius 3 is 1.58 bits per heavy atom. The van der Waals surface area contributed by atoms with E-state index in [0.717, 1.165) is 11.1 Å². The third kappa shape index (κ3) is 13.0. The molecule has 0 atom stereocenters. The highest BCUT2D eigenvalue weighted by Crippen LogP contribution is 2.07. The highest BCUT2D eigenvalue weighted by Gasteiger charge is 2.05. The minimum atomic E-state index is -0.236. The number of carbonyl (C=O) groups excluding carboxylic acids is 2. The molecule has 0 rings (SSSR count). The predicted octanol–water partition coefficient (Wildman–Crippen LogP) is 2.74. The predicted molar refractivity (Wildman–Crippen MR) is 78.1 cm³/mol. The maximum atomic E-state index is 11.2. The van der Waals surface area contributed by atoms with E-state index in [0.29, 0.717) is 24.3 Å². The average molecular weight is 286 g/mol. The number of ether oxygens (including phenoxy) is 2. The van der Waals surface area contributed by atoms with Gasteiger partial charge in [-0.3, -0.25) is 9.59 Å². The van der Waals surface area contributed by atoms with Crippen LogP contribution in [-0.4, -0.2) is 36.7 Å². The van der Waals surface area contributed by atoms with E-state index in [1.165, 1.54) is 11.8 Å². The van der Waals surface area contributed by atoms with Crippen molar-refractivity contribution in [3.05, 3.63) is 24.3 Å². The molecule has 0 aliphatic rings. The van der Waals surface area contributed by atoms with Gasteiger partial charge in [0.1, 0.15) is 13.2 Å². The van der Waals surface area contributed by atoms with E-state index in [-0.39, 0.29) is 25.2 Å². The summed E-state index contributed by atoms with van der Waals surface area (Å²) in [6.45, 7) is 11.4. The SMILES string of the molecule is C=C(C)COC(=O)CCSCCC(=O)OCC(=C)C. The molecule has 0 saturated carbocycles. The van der Waals surface area contributed by atoms with E-state index in [1.54, 1.807) is 13.8 Å². The highest BCUT2D eigenvalue weighted by molar-refractivity contribution is 7.99. The summed E-state index contributed by atoms with van der Waals surface area (Å²) in [6, 6.07) is 0. The van der Waals surface area contributed by atoms with E-state index >= 15 is 0 Å². The Hall–Kier alpha value is -1.23. The fraction of sp³-hybridized carbons (Fsp3) is 0.571. The van der Waals surface area contributed by atoms with E-state index in [4.69, 9.17) is 9.47 Å². The molecule has 0 unspecified atom stereocenters. The zero-order valence-corrected chi connectivity index (χ0v) is 12.5. The fourth-order valence-corrected chi connectivity index (χ4v) is 1.79. The average Bonchev–Trinajstić information content (AvgIpc) is 2.33. The molecule has 4 nitrogen and oxygen atoms in total. The van der Waals surface area contributed by atoms with Crippen molar-refractivity contribution in [3.8, 4) is 0 Å². The van der Waals surface area contributed by atoms with Crippen LogP contribution in [0.4, 0.5) is 0 Å². The van der Waals surface area contributed by atoms with Crippen LogP contribution in [0.25, 0.3) is 0 Å². The molecule has 0 aromatic carbocycles. The smallest absolute Gasteiger partial charge is 0.306 e. The lowest BCUT2D eigenvalue weighted by Crippen LogP contribution is -2.09. The van der Waals surface area contributed by atoms with Gasteiger partial charge < -0.3 is 9.47 Å². The summed E-state index contributed by atoms with van der Waals surface area (Å²) >= 11 is 1.53. The molecule has 0 saturated heterocycles. The van der Waals surface area contributed by atoms with Crippen molar-refractivity contribution in [1.29, 1.82) is 0 Å². The first-order valence-electron chi connectivity index (χ1n) is 6.09. The molecule has 5 heteroatoms. The van der Waals surface area contributed by atoms with Crippen LogP contribution in [0.2, 0.25) is 0 Å². The largest absolute Gasteiger partial charge is 0.461 e. The molecular formula is C14H22O4S. The summed E-state index contributed by atoms with van der Waals surface area (Å²) in [5, 5.41) is 0. The number of hydrogen-bond acceptors (Lipinski definition) is 5. The Morgan fingerprint density at radius 2 is 1.26 bits per heavy atom. The zero-order valence-electron chi connectivity index (χ0n) is 11.7. The lowest BCUT2D eigenvalue weighted by Gasteiger charge is -2.05. The van der Waals surface area contributed by atoms with Crippen LogP contribution in [0, 0.1) is 0 Å². The molecule has 0 spiro atoms. The first kappa shape index (κ1) is 17.8. The van der Waals surface area contributed by atoms with Gasteiger partial charge in [0.25, 0.3) is 0 Å². The molecular weight excluding hydrogens is 264 g/mol. The van der Waals surface area contributed by atoms with Gasteiger partial charge in [-0.15, -0.1) is 0 Å². The van der Waals surface area contributed by atoms with E-state index in [2.05, 4.69) is 13.2 Å². The Morgan fingerprint density at radius 1 is 0.895 bits per heavy atom. The molecule has 0 aromatic rings. The minimum Gasteiger partial charge on any atom is -0.461 e. The second-order valence-corrected chi connectivity index (χ2v) is 5.57. The van der Waals surface area contributed by atoms with Crippen LogP contribution in [0.5, 0.6) is 0 Å². The van der Waals surface area contributed by atoms with Crippen molar-refractivity contribution >= 4 is 23.7 Å². The molecule has 0 aromatic heterocycles. The van der Waals surface area contributed by atoms with E-state index < -0.39 is 0 Å². The minimum absolute atomic E-state index is 0.236. The van der Waals surface area contributed by atoms with Crippen LogP contribution in [-0.2, 0) is 19.1 Å². The Labute approximate surface area is 119 Å². The monoisotopic (exact) mass is 286 g/mol. The van der Waals surface area contributed by atoms with Crippen molar-refractivity contribution in [1.82, 2.24) is 0 Å². The molecule has 0 radical (unpaired) electrons. The van der Waals surface area contributed by atoms with Gasteiger partial charge >= 0.3 is 11.9 Å². The van der Waals surface area contributed by atoms with Gasteiger partial charge in [-0.1, -0.05) is 13.2 Å². The second-order valence-electron chi connectivity index (χ2n) is 4.35. The zero-order chi connectivity index (χ0) is 14.7. The molecule has 0 fully saturated rings. The van der Waals surface area contributed by atoms with Crippen LogP contribution in [0.1, 0.15) is 26.7 Å². The topological polar surface area (TPSA) is 52.6 Å². The van der Waals surface area contributed by atoms with E-state index in [9.17, 15) is 9.59 Å². The lowest BCUT2D eigenvalue weighted by atomic mass is 10.4. The maximum Gasteiger partial charge on any atom is 0.306 e. The highest BCUT2D eigenvalue weighted by atomic mass is 32.2. The van der Waals surface area contributed by atoms with Gasteiger partial charge in [0.15, 0.2) is 0 Å². The number of carbonyl (C=O) groups is 2. The number of rotatable bonds is 10. The summed E-state index contributed by atoms with van der Waals surface area (Å²) in [6.07, 6.45) is 0.692. The molecule has 0 amide bonds. The standard InChI is InChI=1S/C14H22O4S/c1-11(2)9-17-13(15)5-7-19-8-6-14(16)18-10-12(3)4/h1,3,5-10H2,2,4H3. The van der Waals surface area contributed by atoms with Crippen LogP contribution >= 0.6 is 11.8 Å². The van der Waals surface area contributed by atoms with Crippen molar-refractivity contribution in [3.63, 3.8) is 0 Å². The summed E-state index contributed by atoms with van der Waals surface area (Å²) in [5.74, 6) is 0.812. The van der Waals surface area contributed by atoms with Crippen LogP contribution in [0.3, 0.4) is 0 Å². The summed E-state index contributed by atoms with van der Waals surface area (Å²) in [7, 11) is 0. The molecule has 0 heterocycles. The van der Waals surface area contributed by atoms with Crippen molar-refractivity contribution in [2.75, 3.05) is 24.7 Å². The van der Waals surface area contributed by atoms with Crippen molar-refractivity contribution in [2.24, 2.45) is 0 Å². The van der Waals surface area contributed by atoms with Crippen molar-refractivity contribution < 1.29 is 19.1 Å². The molecule has 0 aliphatic carbocycles. The maximum absolute atomic E-state index is 11.2. The summed E-state index contributed by atoms with van der Waals surface area (Å²) < 4.78 is 9.89. The van der Waals surface area contributed by atoms with Gasteiger partial charge in [-0.25, -0.2) is 0 Å². The fourth-order valence-electron chi connectivity index (χ4n) is 0.965. The first-order valence-corrected chi connectivity index (χ1v) is 7.25. The number of thioether (sulfide) groups is 1. The Bertz CT molecular complexity index is 304. The van der Waals surface area contributed by atoms with Gasteiger partial charge in [-0.2, -0.15) is 11.8 Å². The Balaban J connectivity index is 3.44. The molecule has 108 valence electrons. The second kappa shape index (κ2) is 10.7.